The van der Waals surface area contributed by atoms with Gasteiger partial charge in [0.15, 0.2) is 0 Å². The van der Waals surface area contributed by atoms with Crippen LogP contribution in [0.4, 0.5) is 5.69 Å². The lowest BCUT2D eigenvalue weighted by Gasteiger charge is -2.24. The molecular formula is C11H16N2O. The quantitative estimate of drug-likeness (QED) is 0.590. The summed E-state index contributed by atoms with van der Waals surface area (Å²) in [5, 5.41) is 12.6. The Labute approximate surface area is 83.9 Å². The number of phenols is 1. The van der Waals surface area contributed by atoms with E-state index in [0.717, 1.165) is 18.7 Å². The summed E-state index contributed by atoms with van der Waals surface area (Å²) in [6.07, 6.45) is 2.38. The number of nitrogens with one attached hydrogen (secondary N) is 1. The Kier molecular flexibility index (Phi) is 2.59. The van der Waals surface area contributed by atoms with Gasteiger partial charge in [-0.3, -0.25) is 0 Å². The van der Waals surface area contributed by atoms with Crippen molar-refractivity contribution in [1.29, 1.82) is 0 Å². The number of hydrogen-bond acceptors (Lipinski definition) is 3. The average Bonchev–Trinajstić information content (AvgIpc) is 2.19. The third-order valence-electron chi connectivity index (χ3n) is 2.81. The van der Waals surface area contributed by atoms with Crippen LogP contribution in [0.3, 0.4) is 0 Å². The first-order valence-electron chi connectivity index (χ1n) is 5.06. The minimum Gasteiger partial charge on any atom is -0.508 e. The van der Waals surface area contributed by atoms with Gasteiger partial charge in [0.1, 0.15) is 5.75 Å². The molecule has 1 atom stereocenters. The SMILES string of the molecule is Nc1cc(O)ccc1[C@@H]1CCCNC1. The lowest BCUT2D eigenvalue weighted by Crippen LogP contribution is -2.28. The fraction of sp³-hybridized carbons (Fsp3) is 0.455. The van der Waals surface area contributed by atoms with Crippen LogP contribution in [-0.4, -0.2) is 18.2 Å². The average molecular weight is 192 g/mol. The Hall–Kier alpha value is -1.22. The van der Waals surface area contributed by atoms with E-state index in [1.807, 2.05) is 6.07 Å². The molecule has 0 aliphatic carbocycles. The number of phenolic OH excluding ortho intramolecular Hbond substituents is 1. The number of nitrogen functional groups attached to an aromatic ring is 1. The second-order valence-corrected chi connectivity index (χ2v) is 3.86. The Balaban J connectivity index is 2.22. The van der Waals surface area contributed by atoms with Crippen molar-refractivity contribution in [2.45, 2.75) is 18.8 Å². The molecule has 1 aromatic rings. The third kappa shape index (κ3) is 1.82. The zero-order valence-corrected chi connectivity index (χ0v) is 8.16. The number of aromatic hydroxyl groups is 1. The summed E-state index contributed by atoms with van der Waals surface area (Å²) in [6.45, 7) is 2.10. The van der Waals surface area contributed by atoms with Crippen molar-refractivity contribution in [1.82, 2.24) is 5.32 Å². The van der Waals surface area contributed by atoms with Gasteiger partial charge in [-0.25, -0.2) is 0 Å². The minimum atomic E-state index is 0.245. The van der Waals surface area contributed by atoms with E-state index in [1.165, 1.54) is 12.8 Å². The van der Waals surface area contributed by atoms with Crippen molar-refractivity contribution in [3.63, 3.8) is 0 Å². The fourth-order valence-electron chi connectivity index (χ4n) is 2.05. The van der Waals surface area contributed by atoms with Gasteiger partial charge < -0.3 is 16.2 Å². The predicted octanol–water partition coefficient (Wildman–Crippen LogP) is 1.44. The van der Waals surface area contributed by atoms with Crippen LogP contribution < -0.4 is 11.1 Å². The molecule has 3 nitrogen and oxygen atoms in total. The lowest BCUT2D eigenvalue weighted by molar-refractivity contribution is 0.459. The maximum absolute atomic E-state index is 9.24. The van der Waals surface area contributed by atoms with E-state index < -0.39 is 0 Å². The third-order valence-corrected chi connectivity index (χ3v) is 2.81. The van der Waals surface area contributed by atoms with E-state index in [9.17, 15) is 5.11 Å². The van der Waals surface area contributed by atoms with Gasteiger partial charge in [0, 0.05) is 18.3 Å². The number of nitrogens with two attached hydrogens (primary N) is 1. The highest BCUT2D eigenvalue weighted by Gasteiger charge is 2.17. The van der Waals surface area contributed by atoms with Gasteiger partial charge in [0.05, 0.1) is 0 Å². The summed E-state index contributed by atoms with van der Waals surface area (Å²) < 4.78 is 0. The topological polar surface area (TPSA) is 58.3 Å². The van der Waals surface area contributed by atoms with E-state index in [2.05, 4.69) is 5.32 Å². The van der Waals surface area contributed by atoms with Crippen LogP contribution in [0.2, 0.25) is 0 Å². The Bertz CT molecular complexity index is 319. The monoisotopic (exact) mass is 192 g/mol. The summed E-state index contributed by atoms with van der Waals surface area (Å²) in [5.74, 6) is 0.749. The Morgan fingerprint density at radius 1 is 1.43 bits per heavy atom. The van der Waals surface area contributed by atoms with Gasteiger partial charge in [-0.1, -0.05) is 6.07 Å². The molecule has 0 bridgehead atoms. The van der Waals surface area contributed by atoms with Crippen molar-refractivity contribution >= 4 is 5.69 Å². The normalized spacial score (nSPS) is 22.1. The molecule has 0 radical (unpaired) electrons. The smallest absolute Gasteiger partial charge is 0.117 e. The molecule has 0 unspecified atom stereocenters. The first-order valence-corrected chi connectivity index (χ1v) is 5.06. The summed E-state index contributed by atoms with van der Waals surface area (Å²) in [5.41, 5.74) is 7.73. The molecule has 0 saturated carbocycles. The standard InChI is InChI=1S/C11H16N2O/c12-11-6-9(14)3-4-10(11)8-2-1-5-13-7-8/h3-4,6,8,13-14H,1-2,5,7,12H2/t8-/m1/s1. The summed E-state index contributed by atoms with van der Waals surface area (Å²) in [4.78, 5) is 0. The largest absolute Gasteiger partial charge is 0.508 e. The molecule has 1 heterocycles. The van der Waals surface area contributed by atoms with Crippen molar-refractivity contribution in [2.75, 3.05) is 18.8 Å². The highest BCUT2D eigenvalue weighted by atomic mass is 16.3. The molecule has 76 valence electrons. The number of anilines is 1. The second kappa shape index (κ2) is 3.88. The maximum atomic E-state index is 9.24. The molecule has 1 aliphatic heterocycles. The van der Waals surface area contributed by atoms with Crippen LogP contribution in [0.25, 0.3) is 0 Å². The van der Waals surface area contributed by atoms with E-state index in [1.54, 1.807) is 12.1 Å². The van der Waals surface area contributed by atoms with Gasteiger partial charge in [-0.2, -0.15) is 0 Å². The number of hydrogen-bond donors (Lipinski definition) is 3. The van der Waals surface area contributed by atoms with Crippen molar-refractivity contribution in [3.05, 3.63) is 23.8 Å². The molecule has 2 rings (SSSR count). The minimum absolute atomic E-state index is 0.245. The van der Waals surface area contributed by atoms with Gasteiger partial charge >= 0.3 is 0 Å². The first-order chi connectivity index (χ1) is 6.77. The molecule has 1 saturated heterocycles. The van der Waals surface area contributed by atoms with Crippen molar-refractivity contribution in [2.24, 2.45) is 0 Å². The Morgan fingerprint density at radius 2 is 2.29 bits per heavy atom. The zero-order valence-electron chi connectivity index (χ0n) is 8.16. The molecule has 1 aliphatic rings. The highest BCUT2D eigenvalue weighted by molar-refractivity contribution is 5.52. The molecule has 0 amide bonds. The van der Waals surface area contributed by atoms with Crippen LogP contribution in [0.15, 0.2) is 18.2 Å². The number of rotatable bonds is 1. The number of benzene rings is 1. The van der Waals surface area contributed by atoms with Crippen LogP contribution in [0, 0.1) is 0 Å². The van der Waals surface area contributed by atoms with Gasteiger partial charge in [0.2, 0.25) is 0 Å². The molecule has 0 aromatic heterocycles. The van der Waals surface area contributed by atoms with Gasteiger partial charge in [-0.05, 0) is 36.9 Å². The summed E-state index contributed by atoms with van der Waals surface area (Å²) in [6, 6.07) is 5.27. The molecule has 3 heteroatoms. The van der Waals surface area contributed by atoms with Crippen molar-refractivity contribution < 1.29 is 5.11 Å². The predicted molar refractivity (Wildman–Crippen MR) is 57.4 cm³/mol. The molecule has 4 N–H and O–H groups in total. The van der Waals surface area contributed by atoms with Crippen LogP contribution >= 0.6 is 0 Å². The zero-order chi connectivity index (χ0) is 9.97. The van der Waals surface area contributed by atoms with E-state index >= 15 is 0 Å². The van der Waals surface area contributed by atoms with Crippen LogP contribution in [-0.2, 0) is 0 Å². The van der Waals surface area contributed by atoms with E-state index in [-0.39, 0.29) is 5.75 Å². The van der Waals surface area contributed by atoms with E-state index in [4.69, 9.17) is 5.73 Å². The van der Waals surface area contributed by atoms with Gasteiger partial charge in [0.25, 0.3) is 0 Å². The van der Waals surface area contributed by atoms with Gasteiger partial charge in [-0.15, -0.1) is 0 Å². The van der Waals surface area contributed by atoms with Crippen molar-refractivity contribution in [3.8, 4) is 5.75 Å². The fourth-order valence-corrected chi connectivity index (χ4v) is 2.05. The summed E-state index contributed by atoms with van der Waals surface area (Å²) >= 11 is 0. The maximum Gasteiger partial charge on any atom is 0.117 e. The molecule has 0 spiro atoms. The number of piperidine rings is 1. The van der Waals surface area contributed by atoms with E-state index in [0.29, 0.717) is 11.6 Å². The molecule has 1 aromatic carbocycles. The first kappa shape index (κ1) is 9.34. The molecular weight excluding hydrogens is 176 g/mol. The lowest BCUT2D eigenvalue weighted by atomic mass is 9.90. The molecule has 1 fully saturated rings. The second-order valence-electron chi connectivity index (χ2n) is 3.86. The molecule has 14 heavy (non-hydrogen) atoms. The summed E-state index contributed by atoms with van der Waals surface area (Å²) in [7, 11) is 0. The Morgan fingerprint density at radius 3 is 2.93 bits per heavy atom. The van der Waals surface area contributed by atoms with Crippen LogP contribution in [0.5, 0.6) is 5.75 Å². The van der Waals surface area contributed by atoms with Crippen LogP contribution in [0.1, 0.15) is 24.3 Å². The highest BCUT2D eigenvalue weighted by Crippen LogP contribution is 2.29.